The van der Waals surface area contributed by atoms with Crippen molar-refractivity contribution in [1.82, 2.24) is 24.6 Å². The molecular weight excluding hydrogens is 463 g/mol. The van der Waals surface area contributed by atoms with Crippen molar-refractivity contribution in [3.63, 3.8) is 0 Å². The van der Waals surface area contributed by atoms with Gasteiger partial charge in [0, 0.05) is 44.5 Å². The van der Waals surface area contributed by atoms with Gasteiger partial charge in [-0.2, -0.15) is 0 Å². The van der Waals surface area contributed by atoms with Gasteiger partial charge in [0.2, 0.25) is 5.91 Å². The number of aromatic nitrogens is 4. The molecule has 5 rings (SSSR count). The topological polar surface area (TPSA) is 67.2 Å². The normalized spacial score (nSPS) is 13.7. The first kappa shape index (κ1) is 23.0. The molecule has 2 aromatic heterocycles. The SMILES string of the molecule is O=C(CSc1nnc(Cc2ccccc2)n1-c1ccc(F)cc1)N1CCN(c2ccccn2)CC1. The highest BCUT2D eigenvalue weighted by molar-refractivity contribution is 7.99. The summed E-state index contributed by atoms with van der Waals surface area (Å²) in [5.74, 6) is 1.69. The Labute approximate surface area is 207 Å². The fourth-order valence-corrected chi connectivity index (χ4v) is 4.95. The van der Waals surface area contributed by atoms with E-state index in [2.05, 4.69) is 20.1 Å². The number of piperazine rings is 1. The molecule has 0 aliphatic carbocycles. The standard InChI is InChI=1S/C26H25FN6OS/c27-21-9-11-22(12-10-21)33-24(18-20-6-2-1-3-7-20)29-30-26(33)35-19-25(34)32-16-14-31(15-17-32)23-8-4-5-13-28-23/h1-13H,14-19H2. The van der Waals surface area contributed by atoms with Gasteiger partial charge in [0.15, 0.2) is 5.16 Å². The Bertz CT molecular complexity index is 1260. The van der Waals surface area contributed by atoms with Gasteiger partial charge in [-0.25, -0.2) is 9.37 Å². The number of halogens is 1. The highest BCUT2D eigenvalue weighted by Gasteiger charge is 2.23. The molecule has 4 aromatic rings. The molecule has 0 bridgehead atoms. The molecule has 35 heavy (non-hydrogen) atoms. The van der Waals surface area contributed by atoms with Crippen LogP contribution >= 0.6 is 11.8 Å². The summed E-state index contributed by atoms with van der Waals surface area (Å²) in [6, 6.07) is 22.1. The van der Waals surface area contributed by atoms with Crippen molar-refractivity contribution in [3.05, 3.63) is 96.2 Å². The summed E-state index contributed by atoms with van der Waals surface area (Å²) < 4.78 is 15.5. The minimum Gasteiger partial charge on any atom is -0.353 e. The Morgan fingerprint density at radius 2 is 1.63 bits per heavy atom. The number of rotatable bonds is 7. The molecule has 0 unspecified atom stereocenters. The Morgan fingerprint density at radius 3 is 2.34 bits per heavy atom. The minimum atomic E-state index is -0.305. The second kappa shape index (κ2) is 10.7. The molecule has 7 nitrogen and oxygen atoms in total. The molecule has 1 saturated heterocycles. The lowest BCUT2D eigenvalue weighted by Gasteiger charge is -2.35. The Kier molecular flexibility index (Phi) is 7.04. The van der Waals surface area contributed by atoms with Gasteiger partial charge in [0.1, 0.15) is 17.5 Å². The molecule has 1 aliphatic heterocycles. The van der Waals surface area contributed by atoms with Crippen LogP contribution in [0.1, 0.15) is 11.4 Å². The summed E-state index contributed by atoms with van der Waals surface area (Å²) in [5.41, 5.74) is 1.86. The van der Waals surface area contributed by atoms with Crippen LogP contribution in [0.5, 0.6) is 0 Å². The average molecular weight is 489 g/mol. The number of carbonyl (C=O) groups excluding carboxylic acids is 1. The fourth-order valence-electron chi connectivity index (χ4n) is 4.08. The van der Waals surface area contributed by atoms with E-state index in [4.69, 9.17) is 0 Å². The Hall–Kier alpha value is -3.72. The van der Waals surface area contributed by atoms with Crippen LogP contribution in [0.4, 0.5) is 10.2 Å². The highest BCUT2D eigenvalue weighted by Crippen LogP contribution is 2.24. The van der Waals surface area contributed by atoms with Gasteiger partial charge in [-0.1, -0.05) is 48.2 Å². The van der Waals surface area contributed by atoms with Crippen LogP contribution in [0.25, 0.3) is 5.69 Å². The van der Waals surface area contributed by atoms with Crippen LogP contribution in [0.2, 0.25) is 0 Å². The number of nitrogens with zero attached hydrogens (tertiary/aromatic N) is 6. The largest absolute Gasteiger partial charge is 0.353 e. The van der Waals surface area contributed by atoms with E-state index >= 15 is 0 Å². The van der Waals surface area contributed by atoms with Gasteiger partial charge in [0.05, 0.1) is 5.75 Å². The zero-order valence-corrected chi connectivity index (χ0v) is 19.9. The maximum Gasteiger partial charge on any atom is 0.233 e. The third-order valence-corrected chi connectivity index (χ3v) is 6.83. The van der Waals surface area contributed by atoms with E-state index in [1.165, 1.54) is 23.9 Å². The van der Waals surface area contributed by atoms with Gasteiger partial charge in [0.25, 0.3) is 0 Å². The van der Waals surface area contributed by atoms with E-state index in [0.29, 0.717) is 24.7 Å². The number of benzene rings is 2. The number of thioether (sulfide) groups is 1. The van der Waals surface area contributed by atoms with Gasteiger partial charge in [-0.3, -0.25) is 9.36 Å². The minimum absolute atomic E-state index is 0.0638. The van der Waals surface area contributed by atoms with Gasteiger partial charge in [-0.15, -0.1) is 10.2 Å². The number of anilines is 1. The second-order valence-electron chi connectivity index (χ2n) is 8.22. The maximum absolute atomic E-state index is 13.6. The van der Waals surface area contributed by atoms with Crippen molar-refractivity contribution in [2.24, 2.45) is 0 Å². The summed E-state index contributed by atoms with van der Waals surface area (Å²) in [7, 11) is 0. The summed E-state index contributed by atoms with van der Waals surface area (Å²) in [6.45, 7) is 2.81. The van der Waals surface area contributed by atoms with Crippen LogP contribution in [0, 0.1) is 5.82 Å². The molecule has 0 spiro atoms. The number of pyridine rings is 1. The number of hydrogen-bond acceptors (Lipinski definition) is 6. The summed E-state index contributed by atoms with van der Waals surface area (Å²) in [6.07, 6.45) is 2.36. The Morgan fingerprint density at radius 1 is 0.886 bits per heavy atom. The monoisotopic (exact) mass is 488 g/mol. The molecular formula is C26H25FN6OS. The third-order valence-electron chi connectivity index (χ3n) is 5.92. The van der Waals surface area contributed by atoms with E-state index in [1.54, 1.807) is 18.3 Å². The first-order valence-electron chi connectivity index (χ1n) is 11.5. The van der Waals surface area contributed by atoms with Crippen LogP contribution in [-0.2, 0) is 11.2 Å². The molecule has 0 N–H and O–H groups in total. The van der Waals surface area contributed by atoms with Crippen LogP contribution in [0.15, 0.2) is 84.1 Å². The van der Waals surface area contributed by atoms with Crippen LogP contribution in [0.3, 0.4) is 0 Å². The lowest BCUT2D eigenvalue weighted by Crippen LogP contribution is -2.49. The molecule has 1 aliphatic rings. The number of carbonyl (C=O) groups is 1. The van der Waals surface area contributed by atoms with Crippen LogP contribution < -0.4 is 4.90 Å². The van der Waals surface area contributed by atoms with Crippen molar-refractivity contribution in [3.8, 4) is 5.69 Å². The third kappa shape index (κ3) is 5.51. The lowest BCUT2D eigenvalue weighted by molar-refractivity contribution is -0.128. The molecule has 178 valence electrons. The maximum atomic E-state index is 13.6. The van der Waals surface area contributed by atoms with Crippen molar-refractivity contribution >= 4 is 23.5 Å². The van der Waals surface area contributed by atoms with Crippen molar-refractivity contribution in [2.75, 3.05) is 36.8 Å². The first-order valence-corrected chi connectivity index (χ1v) is 12.5. The van der Waals surface area contributed by atoms with Gasteiger partial charge >= 0.3 is 0 Å². The van der Waals surface area contributed by atoms with E-state index in [9.17, 15) is 9.18 Å². The predicted molar refractivity (Wildman–Crippen MR) is 134 cm³/mol. The number of amides is 1. The molecule has 0 atom stereocenters. The number of hydrogen-bond donors (Lipinski definition) is 0. The average Bonchev–Trinajstić information content (AvgIpc) is 3.31. The van der Waals surface area contributed by atoms with Gasteiger partial charge < -0.3 is 9.80 Å². The van der Waals surface area contributed by atoms with E-state index < -0.39 is 0 Å². The molecule has 2 aromatic carbocycles. The zero-order chi connectivity index (χ0) is 24.0. The summed E-state index contributed by atoms with van der Waals surface area (Å²) in [4.78, 5) is 21.4. The smallest absolute Gasteiger partial charge is 0.233 e. The highest BCUT2D eigenvalue weighted by atomic mass is 32.2. The fraction of sp³-hybridized carbons (Fsp3) is 0.231. The summed E-state index contributed by atoms with van der Waals surface area (Å²) in [5, 5.41) is 9.39. The molecule has 1 fully saturated rings. The van der Waals surface area contributed by atoms with Crippen molar-refractivity contribution in [2.45, 2.75) is 11.6 Å². The quantitative estimate of drug-likeness (QED) is 0.369. The van der Waals surface area contributed by atoms with Crippen molar-refractivity contribution < 1.29 is 9.18 Å². The molecule has 0 radical (unpaired) electrons. The molecule has 1 amide bonds. The lowest BCUT2D eigenvalue weighted by atomic mass is 10.1. The van der Waals surface area contributed by atoms with Gasteiger partial charge in [-0.05, 0) is 42.0 Å². The molecule has 3 heterocycles. The zero-order valence-electron chi connectivity index (χ0n) is 19.1. The van der Waals surface area contributed by atoms with Crippen LogP contribution in [-0.4, -0.2) is 62.5 Å². The van der Waals surface area contributed by atoms with E-state index in [0.717, 1.165) is 36.0 Å². The molecule has 9 heteroatoms. The predicted octanol–water partition coefficient (Wildman–Crippen LogP) is 3.83. The first-order chi connectivity index (χ1) is 17.2. The van der Waals surface area contributed by atoms with E-state index in [-0.39, 0.29) is 17.5 Å². The Balaban J connectivity index is 1.27. The van der Waals surface area contributed by atoms with Crippen molar-refractivity contribution in [1.29, 1.82) is 0 Å². The molecule has 0 saturated carbocycles. The van der Waals surface area contributed by atoms with E-state index in [1.807, 2.05) is 58.0 Å². The summed E-state index contributed by atoms with van der Waals surface area (Å²) >= 11 is 1.35. The second-order valence-corrected chi connectivity index (χ2v) is 9.16.